The molecule has 1 saturated heterocycles. The summed E-state index contributed by atoms with van der Waals surface area (Å²) in [5.41, 5.74) is 6.54. The van der Waals surface area contributed by atoms with Gasteiger partial charge < -0.3 is 20.7 Å². The highest BCUT2D eigenvalue weighted by atomic mass is 19.1. The van der Waals surface area contributed by atoms with Crippen LogP contribution < -0.4 is 15.8 Å². The van der Waals surface area contributed by atoms with E-state index in [0.29, 0.717) is 42.1 Å². The monoisotopic (exact) mass is 385 g/mol. The minimum absolute atomic E-state index is 0.169. The fraction of sp³-hybridized carbons (Fsp3) is 0.333. The third kappa shape index (κ3) is 4.48. The van der Waals surface area contributed by atoms with Crippen LogP contribution in [-0.2, 0) is 4.79 Å². The molecule has 3 N–H and O–H groups in total. The molecular weight excluding hydrogens is 361 g/mol. The Morgan fingerprint density at radius 1 is 1.25 bits per heavy atom. The molecule has 2 atom stereocenters. The summed E-state index contributed by atoms with van der Waals surface area (Å²) < 4.78 is 20.1. The van der Waals surface area contributed by atoms with Gasteiger partial charge in [0.05, 0.1) is 0 Å². The molecule has 3 rings (SSSR count). The lowest BCUT2D eigenvalue weighted by molar-refractivity contribution is -0.140. The number of carbonyl (C=O) groups is 2. The number of nitrogens with zero attached hydrogens (tertiary/aromatic N) is 1. The summed E-state index contributed by atoms with van der Waals surface area (Å²) in [6.07, 6.45) is -0.986. The molecule has 1 fully saturated rings. The summed E-state index contributed by atoms with van der Waals surface area (Å²) in [5, 5.41) is 3.29. The summed E-state index contributed by atoms with van der Waals surface area (Å²) in [5.74, 6) is -0.769. The number of nitrogens with one attached hydrogen (secondary N) is 1. The Kier molecular flexibility index (Phi) is 5.94. The van der Waals surface area contributed by atoms with Crippen LogP contribution in [0.1, 0.15) is 34.5 Å². The smallest absolute Gasteiger partial charge is 0.268 e. The maximum atomic E-state index is 14.1. The first kappa shape index (κ1) is 19.8. The number of aryl methyl sites for hydroxylation is 1. The van der Waals surface area contributed by atoms with E-state index < -0.39 is 17.8 Å². The molecule has 2 aromatic rings. The van der Waals surface area contributed by atoms with Gasteiger partial charge in [-0.25, -0.2) is 4.39 Å². The molecule has 2 amide bonds. The van der Waals surface area contributed by atoms with Crippen LogP contribution in [-0.4, -0.2) is 42.4 Å². The Morgan fingerprint density at radius 3 is 2.57 bits per heavy atom. The summed E-state index contributed by atoms with van der Waals surface area (Å²) in [6.45, 7) is 5.46. The number of carbonyl (C=O) groups excluding carboxylic acids is 2. The van der Waals surface area contributed by atoms with E-state index >= 15 is 0 Å². The molecule has 1 aliphatic heterocycles. The van der Waals surface area contributed by atoms with Crippen molar-refractivity contribution in [2.24, 2.45) is 5.73 Å². The van der Waals surface area contributed by atoms with Crippen LogP contribution in [0, 0.1) is 12.7 Å². The average Bonchev–Trinajstić information content (AvgIpc) is 2.68. The van der Waals surface area contributed by atoms with Gasteiger partial charge in [0.25, 0.3) is 5.91 Å². The predicted molar refractivity (Wildman–Crippen MR) is 104 cm³/mol. The van der Waals surface area contributed by atoms with Gasteiger partial charge in [-0.1, -0.05) is 12.1 Å². The van der Waals surface area contributed by atoms with Crippen molar-refractivity contribution in [3.63, 3.8) is 0 Å². The first-order valence-corrected chi connectivity index (χ1v) is 9.20. The van der Waals surface area contributed by atoms with Gasteiger partial charge in [-0.3, -0.25) is 9.59 Å². The van der Waals surface area contributed by atoms with Crippen molar-refractivity contribution in [3.05, 3.63) is 65.0 Å². The minimum Gasteiger partial charge on any atom is -0.476 e. The molecule has 0 aliphatic carbocycles. The Morgan fingerprint density at radius 2 is 1.96 bits per heavy atom. The van der Waals surface area contributed by atoms with E-state index in [1.165, 1.54) is 18.2 Å². The van der Waals surface area contributed by atoms with Crippen molar-refractivity contribution in [3.8, 4) is 5.75 Å². The molecule has 0 bridgehead atoms. The molecule has 0 saturated carbocycles. The fourth-order valence-corrected chi connectivity index (χ4v) is 3.17. The number of ether oxygens (including phenoxy) is 1. The van der Waals surface area contributed by atoms with Crippen LogP contribution >= 0.6 is 0 Å². The summed E-state index contributed by atoms with van der Waals surface area (Å²) >= 11 is 0. The number of halogens is 1. The molecule has 6 nitrogen and oxygen atoms in total. The van der Waals surface area contributed by atoms with Gasteiger partial charge in [-0.15, -0.1) is 0 Å². The number of piperazine rings is 1. The van der Waals surface area contributed by atoms with Crippen molar-refractivity contribution in [1.82, 2.24) is 10.2 Å². The minimum atomic E-state index is -0.986. The van der Waals surface area contributed by atoms with Crippen molar-refractivity contribution in [2.75, 3.05) is 19.6 Å². The van der Waals surface area contributed by atoms with E-state index in [9.17, 15) is 14.0 Å². The molecule has 28 heavy (non-hydrogen) atoms. The van der Waals surface area contributed by atoms with Crippen LogP contribution in [0.3, 0.4) is 0 Å². The van der Waals surface area contributed by atoms with Crippen LogP contribution in [0.25, 0.3) is 0 Å². The molecule has 0 spiro atoms. The standard InChI is InChI=1S/C21H24FN3O3/c1-13-3-4-16(11-18(13)22)19(21(27)25-10-9-24-14(2)12-25)28-17-7-5-15(6-8-17)20(23)26/h3-8,11,14,19,24H,9-10,12H2,1-2H3,(H2,23,26)/t14-,19+/m1/s1. The van der Waals surface area contributed by atoms with Gasteiger partial charge in [0.1, 0.15) is 11.6 Å². The number of amides is 2. The predicted octanol–water partition coefficient (Wildman–Crippen LogP) is 2.17. The largest absolute Gasteiger partial charge is 0.476 e. The number of nitrogens with two attached hydrogens (primary N) is 1. The highest BCUT2D eigenvalue weighted by molar-refractivity contribution is 5.92. The van der Waals surface area contributed by atoms with E-state index in [4.69, 9.17) is 10.5 Å². The average molecular weight is 385 g/mol. The number of hydrogen-bond acceptors (Lipinski definition) is 4. The molecule has 1 aliphatic rings. The van der Waals surface area contributed by atoms with Crippen LogP contribution in [0.2, 0.25) is 0 Å². The van der Waals surface area contributed by atoms with E-state index in [1.807, 2.05) is 6.92 Å². The lowest BCUT2D eigenvalue weighted by Gasteiger charge is -2.34. The Hall–Kier alpha value is -2.93. The first-order valence-electron chi connectivity index (χ1n) is 9.20. The lowest BCUT2D eigenvalue weighted by Crippen LogP contribution is -2.53. The van der Waals surface area contributed by atoms with Crippen molar-refractivity contribution < 1.29 is 18.7 Å². The van der Waals surface area contributed by atoms with Gasteiger partial charge in [0, 0.05) is 36.8 Å². The van der Waals surface area contributed by atoms with Crippen LogP contribution in [0.4, 0.5) is 4.39 Å². The zero-order chi connectivity index (χ0) is 20.3. The summed E-state index contributed by atoms with van der Waals surface area (Å²) in [7, 11) is 0. The number of rotatable bonds is 5. The fourth-order valence-electron chi connectivity index (χ4n) is 3.17. The van der Waals surface area contributed by atoms with E-state index in [-0.39, 0.29) is 11.9 Å². The molecule has 2 aromatic carbocycles. The number of primary amides is 1. The molecule has 0 unspecified atom stereocenters. The van der Waals surface area contributed by atoms with Gasteiger partial charge in [0.2, 0.25) is 12.0 Å². The van der Waals surface area contributed by atoms with E-state index in [0.717, 1.165) is 0 Å². The molecule has 0 aromatic heterocycles. The zero-order valence-electron chi connectivity index (χ0n) is 15.9. The molecule has 0 radical (unpaired) electrons. The third-order valence-electron chi connectivity index (χ3n) is 4.80. The number of hydrogen-bond donors (Lipinski definition) is 2. The molecule has 1 heterocycles. The quantitative estimate of drug-likeness (QED) is 0.826. The van der Waals surface area contributed by atoms with E-state index in [1.54, 1.807) is 36.1 Å². The van der Waals surface area contributed by atoms with Gasteiger partial charge in [-0.2, -0.15) is 0 Å². The highest BCUT2D eigenvalue weighted by Gasteiger charge is 2.30. The maximum Gasteiger partial charge on any atom is 0.268 e. The topological polar surface area (TPSA) is 84.7 Å². The van der Waals surface area contributed by atoms with Gasteiger partial charge >= 0.3 is 0 Å². The number of benzene rings is 2. The molecule has 148 valence electrons. The van der Waals surface area contributed by atoms with Gasteiger partial charge in [0.15, 0.2) is 0 Å². The Labute approximate surface area is 163 Å². The SMILES string of the molecule is Cc1ccc([C@H](Oc2ccc(C(N)=O)cc2)C(=O)N2CCN[C@H](C)C2)cc1F. The molecular formula is C21H24FN3O3. The normalized spacial score (nSPS) is 17.8. The summed E-state index contributed by atoms with van der Waals surface area (Å²) in [4.78, 5) is 26.2. The summed E-state index contributed by atoms with van der Waals surface area (Å²) in [6, 6.07) is 11.0. The van der Waals surface area contributed by atoms with Crippen LogP contribution in [0.5, 0.6) is 5.75 Å². The van der Waals surface area contributed by atoms with Crippen molar-refractivity contribution in [1.29, 1.82) is 0 Å². The maximum absolute atomic E-state index is 14.1. The lowest BCUT2D eigenvalue weighted by atomic mass is 10.0. The second-order valence-corrected chi connectivity index (χ2v) is 7.03. The second-order valence-electron chi connectivity index (χ2n) is 7.03. The second kappa shape index (κ2) is 8.39. The Bertz CT molecular complexity index is 870. The van der Waals surface area contributed by atoms with Crippen LogP contribution in [0.15, 0.2) is 42.5 Å². The zero-order valence-corrected chi connectivity index (χ0v) is 15.9. The van der Waals surface area contributed by atoms with Crippen molar-refractivity contribution >= 4 is 11.8 Å². The highest BCUT2D eigenvalue weighted by Crippen LogP contribution is 2.26. The third-order valence-corrected chi connectivity index (χ3v) is 4.80. The van der Waals surface area contributed by atoms with Gasteiger partial charge in [-0.05, 0) is 49.7 Å². The van der Waals surface area contributed by atoms with Crippen molar-refractivity contribution in [2.45, 2.75) is 26.0 Å². The Balaban J connectivity index is 1.90. The molecule has 7 heteroatoms. The first-order chi connectivity index (χ1) is 13.3. The van der Waals surface area contributed by atoms with E-state index in [2.05, 4.69) is 5.32 Å².